The van der Waals surface area contributed by atoms with Crippen LogP contribution in [-0.4, -0.2) is 12.0 Å². The van der Waals surface area contributed by atoms with E-state index < -0.39 is 0 Å². The molecule has 0 saturated carbocycles. The number of hydrogen-bond donors (Lipinski definition) is 0. The number of pyridine rings is 1. The molecule has 2 aromatic rings. The second-order valence-corrected chi connectivity index (χ2v) is 5.51. The molecule has 18 heavy (non-hydrogen) atoms. The number of rotatable bonds is 3. The van der Waals surface area contributed by atoms with Crippen molar-refractivity contribution in [1.29, 1.82) is 0 Å². The van der Waals surface area contributed by atoms with Crippen LogP contribution in [0.15, 0.2) is 40.9 Å². The van der Waals surface area contributed by atoms with Gasteiger partial charge in [-0.15, -0.1) is 0 Å². The van der Waals surface area contributed by atoms with E-state index in [-0.39, 0.29) is 0 Å². The standard InChI is InChI=1S/C14H14BrClN2/c1-10-13(15)6-7-14(17-10)18(2)9-11-4-3-5-12(16)8-11/h3-8H,9H2,1-2H3. The molecular formula is C14H14BrClN2. The molecule has 0 spiro atoms. The summed E-state index contributed by atoms with van der Waals surface area (Å²) in [5, 5.41) is 0.765. The van der Waals surface area contributed by atoms with Crippen molar-refractivity contribution in [3.63, 3.8) is 0 Å². The Hall–Kier alpha value is -1.06. The summed E-state index contributed by atoms with van der Waals surface area (Å²) in [5.74, 6) is 0.954. The molecule has 0 radical (unpaired) electrons. The van der Waals surface area contributed by atoms with Gasteiger partial charge in [-0.25, -0.2) is 4.98 Å². The van der Waals surface area contributed by atoms with Gasteiger partial charge in [-0.3, -0.25) is 0 Å². The smallest absolute Gasteiger partial charge is 0.128 e. The van der Waals surface area contributed by atoms with Gasteiger partial charge in [0.2, 0.25) is 0 Å². The van der Waals surface area contributed by atoms with Crippen LogP contribution in [0.3, 0.4) is 0 Å². The van der Waals surface area contributed by atoms with Crippen LogP contribution in [0.2, 0.25) is 5.02 Å². The molecule has 0 unspecified atom stereocenters. The quantitative estimate of drug-likeness (QED) is 0.829. The van der Waals surface area contributed by atoms with Crippen LogP contribution in [0.1, 0.15) is 11.3 Å². The minimum absolute atomic E-state index is 0.765. The number of aromatic nitrogens is 1. The molecule has 0 fully saturated rings. The van der Waals surface area contributed by atoms with Crippen molar-refractivity contribution in [2.75, 3.05) is 11.9 Å². The van der Waals surface area contributed by atoms with Gasteiger partial charge in [-0.1, -0.05) is 23.7 Å². The monoisotopic (exact) mass is 324 g/mol. The normalized spacial score (nSPS) is 10.4. The number of aryl methyl sites for hydroxylation is 1. The average molecular weight is 326 g/mol. The second kappa shape index (κ2) is 5.72. The summed E-state index contributed by atoms with van der Waals surface area (Å²) in [4.78, 5) is 6.64. The number of anilines is 1. The van der Waals surface area contributed by atoms with Crippen LogP contribution in [-0.2, 0) is 6.54 Å². The van der Waals surface area contributed by atoms with Crippen molar-refractivity contribution in [2.45, 2.75) is 13.5 Å². The summed E-state index contributed by atoms with van der Waals surface area (Å²) in [6, 6.07) is 11.9. The predicted octanol–water partition coefficient (Wildman–Crippen LogP) is 4.44. The average Bonchev–Trinajstić information content (AvgIpc) is 2.32. The Balaban J connectivity index is 2.16. The van der Waals surface area contributed by atoms with Crippen LogP contribution in [0.4, 0.5) is 5.82 Å². The molecule has 2 rings (SSSR count). The summed E-state index contributed by atoms with van der Waals surface area (Å²) in [6.07, 6.45) is 0. The van der Waals surface area contributed by atoms with Crippen molar-refractivity contribution >= 4 is 33.3 Å². The van der Waals surface area contributed by atoms with Gasteiger partial charge in [0.25, 0.3) is 0 Å². The lowest BCUT2D eigenvalue weighted by atomic mass is 10.2. The van der Waals surface area contributed by atoms with Gasteiger partial charge in [-0.2, -0.15) is 0 Å². The maximum atomic E-state index is 5.98. The van der Waals surface area contributed by atoms with Crippen molar-refractivity contribution < 1.29 is 0 Å². The first-order chi connectivity index (χ1) is 8.56. The fourth-order valence-electron chi connectivity index (χ4n) is 1.73. The molecule has 0 aliphatic rings. The molecule has 0 aliphatic heterocycles. The van der Waals surface area contributed by atoms with Crippen molar-refractivity contribution in [1.82, 2.24) is 4.98 Å². The third kappa shape index (κ3) is 3.24. The summed E-state index contributed by atoms with van der Waals surface area (Å²) >= 11 is 9.44. The Labute approximate surface area is 121 Å². The van der Waals surface area contributed by atoms with E-state index in [2.05, 4.69) is 31.9 Å². The van der Waals surface area contributed by atoms with Crippen molar-refractivity contribution in [3.05, 3.63) is 57.2 Å². The topological polar surface area (TPSA) is 16.1 Å². The molecule has 4 heteroatoms. The molecule has 0 N–H and O–H groups in total. The third-order valence-electron chi connectivity index (χ3n) is 2.71. The molecule has 1 aromatic heterocycles. The van der Waals surface area contributed by atoms with Gasteiger partial charge in [0, 0.05) is 23.1 Å². The lowest BCUT2D eigenvalue weighted by Crippen LogP contribution is -2.17. The highest BCUT2D eigenvalue weighted by molar-refractivity contribution is 9.10. The highest BCUT2D eigenvalue weighted by Crippen LogP contribution is 2.20. The molecule has 1 aromatic carbocycles. The third-order valence-corrected chi connectivity index (χ3v) is 3.78. The Kier molecular flexibility index (Phi) is 4.25. The largest absolute Gasteiger partial charge is 0.355 e. The van der Waals surface area contributed by atoms with Crippen molar-refractivity contribution in [3.8, 4) is 0 Å². The first-order valence-corrected chi connectivity index (χ1v) is 6.82. The minimum Gasteiger partial charge on any atom is -0.355 e. The Morgan fingerprint density at radius 3 is 2.72 bits per heavy atom. The lowest BCUT2D eigenvalue weighted by Gasteiger charge is -2.19. The van der Waals surface area contributed by atoms with Gasteiger partial charge in [0.05, 0.1) is 5.69 Å². The molecular weight excluding hydrogens is 312 g/mol. The fourth-order valence-corrected chi connectivity index (χ4v) is 2.17. The first kappa shape index (κ1) is 13.4. The fraction of sp³-hybridized carbons (Fsp3) is 0.214. The Morgan fingerprint density at radius 1 is 1.28 bits per heavy atom. The van der Waals surface area contributed by atoms with Crippen LogP contribution >= 0.6 is 27.5 Å². The summed E-state index contributed by atoms with van der Waals surface area (Å²) in [7, 11) is 2.02. The number of hydrogen-bond acceptors (Lipinski definition) is 2. The number of nitrogens with zero attached hydrogens (tertiary/aromatic N) is 2. The summed E-state index contributed by atoms with van der Waals surface area (Å²) in [5.41, 5.74) is 2.16. The first-order valence-electron chi connectivity index (χ1n) is 5.65. The number of halogens is 2. The number of benzene rings is 1. The van der Waals surface area contributed by atoms with Gasteiger partial charge in [0.1, 0.15) is 5.82 Å². The van der Waals surface area contributed by atoms with E-state index in [0.29, 0.717) is 0 Å². The van der Waals surface area contributed by atoms with Crippen LogP contribution in [0.5, 0.6) is 0 Å². The zero-order valence-electron chi connectivity index (χ0n) is 10.3. The molecule has 1 heterocycles. The van der Waals surface area contributed by atoms with E-state index >= 15 is 0 Å². The second-order valence-electron chi connectivity index (χ2n) is 4.22. The molecule has 0 amide bonds. The maximum absolute atomic E-state index is 5.98. The Bertz CT molecular complexity index is 557. The maximum Gasteiger partial charge on any atom is 0.128 e. The van der Waals surface area contributed by atoms with Crippen LogP contribution < -0.4 is 4.90 Å². The zero-order chi connectivity index (χ0) is 13.1. The predicted molar refractivity (Wildman–Crippen MR) is 80.2 cm³/mol. The summed E-state index contributed by atoms with van der Waals surface area (Å²) < 4.78 is 1.03. The highest BCUT2D eigenvalue weighted by atomic mass is 79.9. The van der Waals surface area contributed by atoms with Gasteiger partial charge >= 0.3 is 0 Å². The molecule has 94 valence electrons. The van der Waals surface area contributed by atoms with E-state index in [1.165, 1.54) is 5.56 Å². The van der Waals surface area contributed by atoms with Gasteiger partial charge in [0.15, 0.2) is 0 Å². The zero-order valence-corrected chi connectivity index (χ0v) is 12.7. The Morgan fingerprint density at radius 2 is 2.06 bits per heavy atom. The van der Waals surface area contributed by atoms with E-state index in [1.54, 1.807) is 0 Å². The van der Waals surface area contributed by atoms with Crippen molar-refractivity contribution in [2.24, 2.45) is 0 Å². The van der Waals surface area contributed by atoms with Gasteiger partial charge < -0.3 is 4.90 Å². The molecule has 0 saturated heterocycles. The lowest BCUT2D eigenvalue weighted by molar-refractivity contribution is 0.891. The van der Waals surface area contributed by atoms with E-state index in [9.17, 15) is 0 Å². The molecule has 2 nitrogen and oxygen atoms in total. The van der Waals surface area contributed by atoms with E-state index in [0.717, 1.165) is 27.6 Å². The summed E-state index contributed by atoms with van der Waals surface area (Å²) in [6.45, 7) is 2.77. The van der Waals surface area contributed by atoms with Crippen LogP contribution in [0, 0.1) is 6.92 Å². The molecule has 0 aliphatic carbocycles. The minimum atomic E-state index is 0.765. The molecule has 0 bridgehead atoms. The van der Waals surface area contributed by atoms with Gasteiger partial charge in [-0.05, 0) is 52.7 Å². The van der Waals surface area contributed by atoms with Crippen LogP contribution in [0.25, 0.3) is 0 Å². The van der Waals surface area contributed by atoms with E-state index in [4.69, 9.17) is 11.6 Å². The SMILES string of the molecule is Cc1nc(N(C)Cc2cccc(Cl)c2)ccc1Br. The van der Waals surface area contributed by atoms with E-state index in [1.807, 2.05) is 44.3 Å². The highest BCUT2D eigenvalue weighted by Gasteiger charge is 2.05. The molecule has 0 atom stereocenters.